The van der Waals surface area contributed by atoms with Gasteiger partial charge in [0.15, 0.2) is 0 Å². The monoisotopic (exact) mass is 305 g/mol. The summed E-state index contributed by atoms with van der Waals surface area (Å²) in [5, 5.41) is 9.67. The zero-order chi connectivity index (χ0) is 16.3. The Bertz CT molecular complexity index is 535. The van der Waals surface area contributed by atoms with Crippen LogP contribution in [0, 0.1) is 0 Å². The van der Waals surface area contributed by atoms with Gasteiger partial charge in [0.2, 0.25) is 0 Å². The highest BCUT2D eigenvalue weighted by molar-refractivity contribution is 5.72. The maximum atomic E-state index is 11.8. The van der Waals surface area contributed by atoms with Crippen LogP contribution in [0.15, 0.2) is 30.3 Å². The number of carbonyl (C=O) groups excluding carboxylic acids is 1. The molecule has 1 aliphatic heterocycles. The molecule has 0 saturated carbocycles. The molecule has 1 amide bonds. The minimum absolute atomic E-state index is 0.248. The Morgan fingerprint density at radius 1 is 1.36 bits per heavy atom. The molecule has 0 aromatic heterocycles. The molecule has 5 heteroatoms. The summed E-state index contributed by atoms with van der Waals surface area (Å²) in [7, 11) is 0. The van der Waals surface area contributed by atoms with Crippen molar-refractivity contribution < 1.29 is 19.4 Å². The van der Waals surface area contributed by atoms with Crippen molar-refractivity contribution in [1.82, 2.24) is 4.90 Å². The van der Waals surface area contributed by atoms with Crippen molar-refractivity contribution in [3.8, 4) is 0 Å². The Morgan fingerprint density at radius 3 is 2.45 bits per heavy atom. The SMILES string of the molecule is CC(C)(C)N(C(=O)O)[C@@H](Cc1ccccc1)[C@@H]1CCC(=O)O1. The third kappa shape index (κ3) is 3.78. The molecule has 1 fully saturated rings. The van der Waals surface area contributed by atoms with Crippen LogP contribution in [0.1, 0.15) is 39.2 Å². The number of hydrogen-bond acceptors (Lipinski definition) is 3. The largest absolute Gasteiger partial charge is 0.465 e. The minimum atomic E-state index is -0.989. The average Bonchev–Trinajstić information content (AvgIpc) is 2.84. The molecule has 1 N–H and O–H groups in total. The zero-order valence-electron chi connectivity index (χ0n) is 13.3. The van der Waals surface area contributed by atoms with E-state index in [-0.39, 0.29) is 18.1 Å². The Morgan fingerprint density at radius 2 is 2.00 bits per heavy atom. The van der Waals surface area contributed by atoms with E-state index in [0.29, 0.717) is 19.3 Å². The number of nitrogens with zero attached hydrogens (tertiary/aromatic N) is 1. The average molecular weight is 305 g/mol. The van der Waals surface area contributed by atoms with E-state index < -0.39 is 11.6 Å². The van der Waals surface area contributed by atoms with E-state index in [9.17, 15) is 14.7 Å². The highest BCUT2D eigenvalue weighted by Crippen LogP contribution is 2.28. The van der Waals surface area contributed by atoms with Crippen LogP contribution in [-0.4, -0.2) is 39.8 Å². The number of cyclic esters (lactones) is 1. The highest BCUT2D eigenvalue weighted by Gasteiger charge is 2.41. The molecule has 1 aromatic carbocycles. The topological polar surface area (TPSA) is 66.8 Å². The number of hydrogen-bond donors (Lipinski definition) is 1. The summed E-state index contributed by atoms with van der Waals surface area (Å²) >= 11 is 0. The maximum absolute atomic E-state index is 11.8. The molecule has 1 heterocycles. The van der Waals surface area contributed by atoms with Crippen molar-refractivity contribution >= 4 is 12.1 Å². The lowest BCUT2D eigenvalue weighted by Crippen LogP contribution is -2.56. The van der Waals surface area contributed by atoms with Crippen LogP contribution in [-0.2, 0) is 16.0 Å². The molecule has 0 unspecified atom stereocenters. The smallest absolute Gasteiger partial charge is 0.408 e. The predicted molar refractivity (Wildman–Crippen MR) is 82.7 cm³/mol. The summed E-state index contributed by atoms with van der Waals surface area (Å²) in [5.74, 6) is -0.248. The summed E-state index contributed by atoms with van der Waals surface area (Å²) in [4.78, 5) is 24.7. The van der Waals surface area contributed by atoms with Gasteiger partial charge in [-0.3, -0.25) is 9.69 Å². The molecule has 2 rings (SSSR count). The number of rotatable bonds is 4. The first-order chi connectivity index (χ1) is 10.3. The Hall–Kier alpha value is -2.04. The second kappa shape index (κ2) is 6.38. The third-order valence-corrected chi connectivity index (χ3v) is 3.89. The van der Waals surface area contributed by atoms with Gasteiger partial charge in [0.05, 0.1) is 6.04 Å². The molecule has 120 valence electrons. The second-order valence-corrected chi connectivity index (χ2v) is 6.65. The van der Waals surface area contributed by atoms with Crippen LogP contribution in [0.5, 0.6) is 0 Å². The van der Waals surface area contributed by atoms with Gasteiger partial charge in [-0.2, -0.15) is 0 Å². The van der Waals surface area contributed by atoms with Gasteiger partial charge >= 0.3 is 12.1 Å². The van der Waals surface area contributed by atoms with Crippen molar-refractivity contribution in [1.29, 1.82) is 0 Å². The van der Waals surface area contributed by atoms with Crippen molar-refractivity contribution in [3.05, 3.63) is 35.9 Å². The fourth-order valence-electron chi connectivity index (χ4n) is 2.99. The van der Waals surface area contributed by atoms with Crippen LogP contribution in [0.25, 0.3) is 0 Å². The van der Waals surface area contributed by atoms with E-state index in [1.165, 1.54) is 4.90 Å². The van der Waals surface area contributed by atoms with E-state index >= 15 is 0 Å². The molecule has 5 nitrogen and oxygen atoms in total. The van der Waals surface area contributed by atoms with Crippen LogP contribution in [0.2, 0.25) is 0 Å². The summed E-state index contributed by atoms with van der Waals surface area (Å²) in [6.07, 6.45) is 0.0750. The molecular formula is C17H23NO4. The number of benzene rings is 1. The van der Waals surface area contributed by atoms with Gasteiger partial charge < -0.3 is 9.84 Å². The number of carboxylic acid groups (broad SMARTS) is 1. The van der Waals surface area contributed by atoms with E-state index in [2.05, 4.69) is 0 Å². The van der Waals surface area contributed by atoms with Gasteiger partial charge in [-0.15, -0.1) is 0 Å². The highest BCUT2D eigenvalue weighted by atomic mass is 16.6. The van der Waals surface area contributed by atoms with Crippen LogP contribution >= 0.6 is 0 Å². The Balaban J connectivity index is 2.31. The van der Waals surface area contributed by atoms with Crippen molar-refractivity contribution in [3.63, 3.8) is 0 Å². The second-order valence-electron chi connectivity index (χ2n) is 6.65. The number of amides is 1. The summed E-state index contributed by atoms with van der Waals surface area (Å²) in [6.45, 7) is 5.57. The Kier molecular flexibility index (Phi) is 4.74. The summed E-state index contributed by atoms with van der Waals surface area (Å²) < 4.78 is 5.38. The molecule has 1 saturated heterocycles. The van der Waals surface area contributed by atoms with E-state index in [1.54, 1.807) is 0 Å². The third-order valence-electron chi connectivity index (χ3n) is 3.89. The van der Waals surface area contributed by atoms with E-state index in [4.69, 9.17) is 4.74 Å². The molecule has 0 spiro atoms. The van der Waals surface area contributed by atoms with Crippen molar-refractivity contribution in [2.75, 3.05) is 0 Å². The zero-order valence-corrected chi connectivity index (χ0v) is 13.3. The molecular weight excluding hydrogens is 282 g/mol. The number of ether oxygens (including phenoxy) is 1. The summed E-state index contributed by atoms with van der Waals surface area (Å²) in [6, 6.07) is 9.32. The fraction of sp³-hybridized carbons (Fsp3) is 0.529. The van der Waals surface area contributed by atoms with Gasteiger partial charge in [-0.25, -0.2) is 4.79 Å². The first-order valence-corrected chi connectivity index (χ1v) is 7.54. The molecule has 2 atom stereocenters. The quantitative estimate of drug-likeness (QED) is 0.868. The molecule has 1 aliphatic rings. The van der Waals surface area contributed by atoms with E-state index in [0.717, 1.165) is 5.56 Å². The number of carbonyl (C=O) groups is 2. The predicted octanol–water partition coefficient (Wildman–Crippen LogP) is 3.08. The lowest BCUT2D eigenvalue weighted by Gasteiger charge is -2.41. The first kappa shape index (κ1) is 16.3. The molecule has 22 heavy (non-hydrogen) atoms. The van der Waals surface area contributed by atoms with Gasteiger partial charge in [0.25, 0.3) is 0 Å². The molecule has 1 aromatic rings. The van der Waals surface area contributed by atoms with Crippen LogP contribution in [0.4, 0.5) is 4.79 Å². The van der Waals surface area contributed by atoms with E-state index in [1.807, 2.05) is 51.1 Å². The lowest BCUT2D eigenvalue weighted by molar-refractivity contribution is -0.144. The fourth-order valence-corrected chi connectivity index (χ4v) is 2.99. The van der Waals surface area contributed by atoms with Gasteiger partial charge in [0, 0.05) is 12.0 Å². The van der Waals surface area contributed by atoms with Gasteiger partial charge in [0.1, 0.15) is 6.10 Å². The molecule has 0 bridgehead atoms. The number of esters is 1. The Labute approximate surface area is 130 Å². The molecule has 0 radical (unpaired) electrons. The normalized spacial score (nSPS) is 19.6. The van der Waals surface area contributed by atoms with Crippen LogP contribution in [0.3, 0.4) is 0 Å². The van der Waals surface area contributed by atoms with Crippen molar-refractivity contribution in [2.45, 2.75) is 57.7 Å². The minimum Gasteiger partial charge on any atom is -0.465 e. The standard InChI is InChI=1S/C17H23NO4/c1-17(2,3)18(16(20)21)13(14-9-10-15(19)22-14)11-12-7-5-4-6-8-12/h4-8,13-14H,9-11H2,1-3H3,(H,20,21)/t13-,14-/m0/s1. The van der Waals surface area contributed by atoms with Crippen LogP contribution < -0.4 is 0 Å². The van der Waals surface area contributed by atoms with Gasteiger partial charge in [-0.1, -0.05) is 30.3 Å². The van der Waals surface area contributed by atoms with Crippen molar-refractivity contribution in [2.24, 2.45) is 0 Å². The molecule has 0 aliphatic carbocycles. The first-order valence-electron chi connectivity index (χ1n) is 7.54. The lowest BCUT2D eigenvalue weighted by atomic mass is 9.93. The maximum Gasteiger partial charge on any atom is 0.408 e. The summed E-state index contributed by atoms with van der Waals surface area (Å²) in [5.41, 5.74) is 0.464. The van der Waals surface area contributed by atoms with Gasteiger partial charge in [-0.05, 0) is 39.2 Å².